The van der Waals surface area contributed by atoms with E-state index >= 15 is 0 Å². The van der Waals surface area contributed by atoms with Crippen LogP contribution in [0.4, 0.5) is 13.2 Å². The maximum absolute atomic E-state index is 13.0. The average Bonchev–Trinajstić information content (AvgIpc) is 3.30. The molecule has 0 radical (unpaired) electrons. The van der Waals surface area contributed by atoms with Crippen molar-refractivity contribution in [2.24, 2.45) is 0 Å². The highest BCUT2D eigenvalue weighted by molar-refractivity contribution is 6.33. The van der Waals surface area contributed by atoms with Crippen LogP contribution in [0.2, 0.25) is 5.02 Å². The van der Waals surface area contributed by atoms with Gasteiger partial charge in [0.2, 0.25) is 12.7 Å². The number of nitrogens with zero attached hydrogens (tertiary/aromatic N) is 3. The highest BCUT2D eigenvalue weighted by Gasteiger charge is 2.32. The first-order valence-electron chi connectivity index (χ1n) is 8.57. The largest absolute Gasteiger partial charge is 0.454 e. The van der Waals surface area contributed by atoms with Gasteiger partial charge in [0.15, 0.2) is 23.0 Å². The molecular formula is C18H14ClF3N4O3. The lowest BCUT2D eigenvalue weighted by Gasteiger charge is -2.09. The fraction of sp³-hybridized carbons (Fsp3) is 0.278. The monoisotopic (exact) mass is 426 g/mol. The molecule has 0 unspecified atom stereocenters. The lowest BCUT2D eigenvalue weighted by Crippen LogP contribution is -2.24. The first kappa shape index (κ1) is 19.3. The van der Waals surface area contributed by atoms with Gasteiger partial charge in [-0.2, -0.15) is 13.2 Å². The van der Waals surface area contributed by atoms with E-state index in [9.17, 15) is 18.0 Å². The van der Waals surface area contributed by atoms with Crippen molar-refractivity contribution in [3.8, 4) is 11.5 Å². The Bertz CT molecular complexity index is 1080. The Labute approximate surface area is 167 Å². The Kier molecular flexibility index (Phi) is 4.95. The van der Waals surface area contributed by atoms with Crippen LogP contribution in [-0.2, 0) is 23.9 Å². The molecule has 1 aliphatic rings. The van der Waals surface area contributed by atoms with Crippen LogP contribution in [0.1, 0.15) is 23.4 Å². The van der Waals surface area contributed by atoms with Gasteiger partial charge in [-0.25, -0.2) is 0 Å². The molecule has 7 nitrogen and oxygen atoms in total. The molecule has 0 saturated carbocycles. The molecule has 1 amide bonds. The average molecular weight is 427 g/mol. The second-order valence-corrected chi connectivity index (χ2v) is 6.76. The van der Waals surface area contributed by atoms with E-state index in [-0.39, 0.29) is 42.2 Å². The number of rotatable bonds is 5. The van der Waals surface area contributed by atoms with Gasteiger partial charge in [0, 0.05) is 12.6 Å². The van der Waals surface area contributed by atoms with Crippen LogP contribution >= 0.6 is 11.6 Å². The number of nitrogens with one attached hydrogen (secondary N) is 1. The van der Waals surface area contributed by atoms with Gasteiger partial charge in [-0.1, -0.05) is 17.7 Å². The standard InChI is InChI=1S/C18H14ClF3N4O3/c19-12-6-11(18(20,21)22)8-26-15(24-25-17(12)26)7-23-16(27)4-2-10-1-3-13-14(5-10)29-9-28-13/h1,3,5-6,8H,2,4,7,9H2,(H,23,27). The number of aromatic nitrogens is 3. The lowest BCUT2D eigenvalue weighted by molar-refractivity contribution is -0.137. The van der Waals surface area contributed by atoms with E-state index in [1.807, 2.05) is 12.1 Å². The molecule has 0 aliphatic carbocycles. The Balaban J connectivity index is 1.40. The van der Waals surface area contributed by atoms with Crippen LogP contribution in [0.5, 0.6) is 11.5 Å². The van der Waals surface area contributed by atoms with Crippen LogP contribution in [0, 0.1) is 0 Å². The van der Waals surface area contributed by atoms with Crippen molar-refractivity contribution in [2.75, 3.05) is 6.79 Å². The Morgan fingerprint density at radius 3 is 2.79 bits per heavy atom. The third-order valence-electron chi connectivity index (χ3n) is 4.38. The number of fused-ring (bicyclic) bond motifs is 2. The van der Waals surface area contributed by atoms with Gasteiger partial charge < -0.3 is 14.8 Å². The number of hydrogen-bond acceptors (Lipinski definition) is 5. The maximum atomic E-state index is 13.0. The van der Waals surface area contributed by atoms with Crippen molar-refractivity contribution in [1.82, 2.24) is 19.9 Å². The van der Waals surface area contributed by atoms with Gasteiger partial charge in [0.25, 0.3) is 0 Å². The predicted molar refractivity (Wildman–Crippen MR) is 95.7 cm³/mol. The summed E-state index contributed by atoms with van der Waals surface area (Å²) in [5.41, 5.74) is 0.0633. The van der Waals surface area contributed by atoms with Gasteiger partial charge >= 0.3 is 6.18 Å². The summed E-state index contributed by atoms with van der Waals surface area (Å²) >= 11 is 5.87. The highest BCUT2D eigenvalue weighted by Crippen LogP contribution is 2.33. The number of aryl methyl sites for hydroxylation is 1. The molecule has 1 N–H and O–H groups in total. The van der Waals surface area contributed by atoms with Crippen LogP contribution in [0.25, 0.3) is 5.65 Å². The molecule has 0 saturated heterocycles. The molecule has 0 bridgehead atoms. The van der Waals surface area contributed by atoms with Gasteiger partial charge in [-0.3, -0.25) is 9.20 Å². The molecule has 3 heterocycles. The molecule has 1 aromatic carbocycles. The van der Waals surface area contributed by atoms with Crippen molar-refractivity contribution >= 4 is 23.2 Å². The molecule has 29 heavy (non-hydrogen) atoms. The van der Waals surface area contributed by atoms with Crippen molar-refractivity contribution in [2.45, 2.75) is 25.6 Å². The summed E-state index contributed by atoms with van der Waals surface area (Å²) in [5, 5.41) is 10.1. The summed E-state index contributed by atoms with van der Waals surface area (Å²) in [7, 11) is 0. The zero-order valence-electron chi connectivity index (χ0n) is 14.8. The molecule has 0 spiro atoms. The van der Waals surface area contributed by atoms with Crippen molar-refractivity contribution in [3.05, 3.63) is 52.4 Å². The van der Waals surface area contributed by atoms with E-state index in [0.29, 0.717) is 17.9 Å². The number of carbonyl (C=O) groups is 1. The zero-order valence-corrected chi connectivity index (χ0v) is 15.5. The van der Waals surface area contributed by atoms with E-state index in [4.69, 9.17) is 21.1 Å². The molecule has 3 aromatic rings. The highest BCUT2D eigenvalue weighted by atomic mass is 35.5. The van der Waals surface area contributed by atoms with Gasteiger partial charge in [-0.05, 0) is 30.2 Å². The smallest absolute Gasteiger partial charge is 0.417 e. The number of ether oxygens (including phenoxy) is 2. The number of carbonyl (C=O) groups excluding carboxylic acids is 1. The second kappa shape index (κ2) is 7.43. The quantitative estimate of drug-likeness (QED) is 0.676. The first-order valence-corrected chi connectivity index (χ1v) is 8.94. The third kappa shape index (κ3) is 4.07. The topological polar surface area (TPSA) is 77.8 Å². The zero-order chi connectivity index (χ0) is 20.6. The number of alkyl halides is 3. The second-order valence-electron chi connectivity index (χ2n) is 6.35. The molecule has 0 fully saturated rings. The number of benzene rings is 1. The van der Waals surface area contributed by atoms with Crippen LogP contribution < -0.4 is 14.8 Å². The lowest BCUT2D eigenvalue weighted by atomic mass is 10.1. The van der Waals surface area contributed by atoms with Crippen LogP contribution in [0.15, 0.2) is 30.5 Å². The molecule has 152 valence electrons. The fourth-order valence-corrected chi connectivity index (χ4v) is 3.14. The Morgan fingerprint density at radius 2 is 2.00 bits per heavy atom. The minimum absolute atomic E-state index is 0.0845. The van der Waals surface area contributed by atoms with Crippen molar-refractivity contribution < 1.29 is 27.4 Å². The minimum Gasteiger partial charge on any atom is -0.454 e. The molecule has 0 atom stereocenters. The molecule has 1 aliphatic heterocycles. The fourth-order valence-electron chi connectivity index (χ4n) is 2.90. The molecule has 11 heteroatoms. The van der Waals surface area contributed by atoms with Gasteiger partial charge in [0.05, 0.1) is 17.1 Å². The van der Waals surface area contributed by atoms with E-state index in [1.54, 1.807) is 6.07 Å². The van der Waals surface area contributed by atoms with Crippen LogP contribution in [-0.4, -0.2) is 27.3 Å². The molecule has 4 rings (SSSR count). The normalized spacial score (nSPS) is 13.1. The number of pyridine rings is 1. The van der Waals surface area contributed by atoms with E-state index < -0.39 is 11.7 Å². The van der Waals surface area contributed by atoms with E-state index in [1.165, 1.54) is 0 Å². The summed E-state index contributed by atoms with van der Waals surface area (Å²) in [6.45, 7) is 0.0877. The summed E-state index contributed by atoms with van der Waals surface area (Å²) in [4.78, 5) is 12.1. The summed E-state index contributed by atoms with van der Waals surface area (Å²) < 4.78 is 50.6. The summed E-state index contributed by atoms with van der Waals surface area (Å²) in [6, 6.07) is 6.22. The summed E-state index contributed by atoms with van der Waals surface area (Å²) in [6.07, 6.45) is -3.05. The first-order chi connectivity index (χ1) is 13.8. The van der Waals surface area contributed by atoms with E-state index in [2.05, 4.69) is 15.5 Å². The van der Waals surface area contributed by atoms with Crippen LogP contribution in [0.3, 0.4) is 0 Å². The summed E-state index contributed by atoms with van der Waals surface area (Å²) in [5.74, 6) is 1.16. The minimum atomic E-state index is -4.56. The maximum Gasteiger partial charge on any atom is 0.417 e. The van der Waals surface area contributed by atoms with Gasteiger partial charge in [0.1, 0.15) is 0 Å². The van der Waals surface area contributed by atoms with Crippen molar-refractivity contribution in [1.29, 1.82) is 0 Å². The number of amides is 1. The van der Waals surface area contributed by atoms with E-state index in [0.717, 1.165) is 22.2 Å². The SMILES string of the molecule is O=C(CCc1ccc2c(c1)OCO2)NCc1nnc2c(Cl)cc(C(F)(F)F)cn12. The number of halogens is 4. The third-order valence-corrected chi connectivity index (χ3v) is 4.66. The molecular weight excluding hydrogens is 413 g/mol. The van der Waals surface area contributed by atoms with Gasteiger partial charge in [-0.15, -0.1) is 10.2 Å². The molecule has 2 aromatic heterocycles. The Hall–Kier alpha value is -3.01. The van der Waals surface area contributed by atoms with Crippen molar-refractivity contribution in [3.63, 3.8) is 0 Å². The Morgan fingerprint density at radius 1 is 1.21 bits per heavy atom. The number of hydrogen-bond donors (Lipinski definition) is 1. The predicted octanol–water partition coefficient (Wildman–Crippen LogP) is 3.38.